The Balaban J connectivity index is 1.68. The van der Waals surface area contributed by atoms with Gasteiger partial charge >= 0.3 is 0 Å². The molecule has 1 aliphatic carbocycles. The first-order chi connectivity index (χ1) is 11.1. The van der Waals surface area contributed by atoms with Crippen molar-refractivity contribution in [3.05, 3.63) is 59.4 Å². The molecule has 5 heteroatoms. The molecule has 0 saturated heterocycles. The summed E-state index contributed by atoms with van der Waals surface area (Å²) in [7, 11) is 1.52. The fraction of sp³-hybridized carbons (Fsp3) is 0.278. The Morgan fingerprint density at radius 3 is 2.83 bits per heavy atom. The summed E-state index contributed by atoms with van der Waals surface area (Å²) in [4.78, 5) is 12.3. The van der Waals surface area contributed by atoms with Gasteiger partial charge in [-0.2, -0.15) is 0 Å². The number of anilines is 1. The molecule has 1 fully saturated rings. The van der Waals surface area contributed by atoms with Crippen LogP contribution in [0.1, 0.15) is 23.5 Å². The first kappa shape index (κ1) is 15.5. The van der Waals surface area contributed by atoms with Crippen LogP contribution in [0.15, 0.2) is 42.5 Å². The first-order valence-corrected chi connectivity index (χ1v) is 7.47. The summed E-state index contributed by atoms with van der Waals surface area (Å²) < 4.78 is 18.9. The molecule has 0 spiro atoms. The van der Waals surface area contributed by atoms with E-state index in [0.29, 0.717) is 29.0 Å². The Morgan fingerprint density at radius 2 is 2.13 bits per heavy atom. The summed E-state index contributed by atoms with van der Waals surface area (Å²) in [6, 6.07) is 11.7. The lowest BCUT2D eigenvalue weighted by atomic mass is 10.1. The van der Waals surface area contributed by atoms with Crippen LogP contribution in [-0.4, -0.2) is 18.1 Å². The van der Waals surface area contributed by atoms with Gasteiger partial charge in [0.1, 0.15) is 11.6 Å². The maximum Gasteiger partial charge on any atom is 0.228 e. The number of halogens is 1. The smallest absolute Gasteiger partial charge is 0.228 e. The van der Waals surface area contributed by atoms with Crippen LogP contribution in [0, 0.1) is 11.7 Å². The molecule has 3 rings (SSSR count). The van der Waals surface area contributed by atoms with Crippen LogP contribution in [0.4, 0.5) is 10.1 Å². The highest BCUT2D eigenvalue weighted by Crippen LogP contribution is 2.48. The highest BCUT2D eigenvalue weighted by atomic mass is 19.1. The van der Waals surface area contributed by atoms with Crippen LogP contribution in [0.5, 0.6) is 5.75 Å². The molecule has 0 aromatic heterocycles. The van der Waals surface area contributed by atoms with Crippen LogP contribution in [0.25, 0.3) is 0 Å². The number of amides is 1. The van der Waals surface area contributed by atoms with Crippen LogP contribution < -0.4 is 10.1 Å². The van der Waals surface area contributed by atoms with Crippen LogP contribution in [0.3, 0.4) is 0 Å². The van der Waals surface area contributed by atoms with Crippen molar-refractivity contribution < 1.29 is 19.0 Å². The average molecular weight is 315 g/mol. The van der Waals surface area contributed by atoms with Gasteiger partial charge in [0.25, 0.3) is 0 Å². The second kappa shape index (κ2) is 6.38. The highest BCUT2D eigenvalue weighted by molar-refractivity contribution is 5.95. The van der Waals surface area contributed by atoms with Crippen molar-refractivity contribution in [3.8, 4) is 5.75 Å². The van der Waals surface area contributed by atoms with E-state index in [4.69, 9.17) is 4.74 Å². The average Bonchev–Trinajstić information content (AvgIpc) is 3.35. The molecule has 2 aromatic rings. The summed E-state index contributed by atoms with van der Waals surface area (Å²) in [5.41, 5.74) is 1.80. The molecule has 1 saturated carbocycles. The van der Waals surface area contributed by atoms with Gasteiger partial charge in [-0.05, 0) is 42.2 Å². The minimum absolute atomic E-state index is 0.0632. The molecule has 2 aromatic carbocycles. The van der Waals surface area contributed by atoms with Crippen LogP contribution >= 0.6 is 0 Å². The predicted octanol–water partition coefficient (Wildman–Crippen LogP) is 3.07. The maximum absolute atomic E-state index is 13.8. The van der Waals surface area contributed by atoms with Gasteiger partial charge < -0.3 is 15.2 Å². The number of nitrogens with one attached hydrogen (secondary N) is 1. The number of hydrogen-bond acceptors (Lipinski definition) is 3. The molecule has 1 aliphatic rings. The quantitative estimate of drug-likeness (QED) is 0.891. The van der Waals surface area contributed by atoms with Gasteiger partial charge in [-0.15, -0.1) is 0 Å². The van der Waals surface area contributed by atoms with Gasteiger partial charge in [0.05, 0.1) is 13.7 Å². The van der Waals surface area contributed by atoms with Gasteiger partial charge in [0.15, 0.2) is 0 Å². The topological polar surface area (TPSA) is 58.6 Å². The third kappa shape index (κ3) is 3.19. The summed E-state index contributed by atoms with van der Waals surface area (Å²) in [5.74, 6) is -0.105. The van der Waals surface area contributed by atoms with Crippen molar-refractivity contribution in [1.29, 1.82) is 0 Å². The van der Waals surface area contributed by atoms with E-state index in [1.54, 1.807) is 36.4 Å². The fourth-order valence-electron chi connectivity index (χ4n) is 2.82. The van der Waals surface area contributed by atoms with Gasteiger partial charge in [-0.25, -0.2) is 4.39 Å². The Morgan fingerprint density at radius 1 is 1.35 bits per heavy atom. The molecular formula is C18H18FNO3. The minimum atomic E-state index is -0.264. The lowest BCUT2D eigenvalue weighted by molar-refractivity contribution is -0.117. The molecule has 0 heterocycles. The summed E-state index contributed by atoms with van der Waals surface area (Å²) in [6.07, 6.45) is 0.649. The number of ether oxygens (including phenoxy) is 1. The third-order valence-electron chi connectivity index (χ3n) is 4.15. The zero-order valence-corrected chi connectivity index (χ0v) is 12.8. The molecule has 0 radical (unpaired) electrons. The first-order valence-electron chi connectivity index (χ1n) is 7.47. The van der Waals surface area contributed by atoms with E-state index in [1.807, 2.05) is 0 Å². The van der Waals surface area contributed by atoms with Gasteiger partial charge in [-0.3, -0.25) is 4.79 Å². The second-order valence-corrected chi connectivity index (χ2v) is 5.64. The Kier molecular flexibility index (Phi) is 4.30. The van der Waals surface area contributed by atoms with Crippen molar-refractivity contribution >= 4 is 11.6 Å². The molecule has 4 nitrogen and oxygen atoms in total. The molecule has 2 N–H and O–H groups in total. The van der Waals surface area contributed by atoms with Crippen molar-refractivity contribution in [2.45, 2.75) is 18.9 Å². The summed E-state index contributed by atoms with van der Waals surface area (Å²) in [6.45, 7) is -0.172. The summed E-state index contributed by atoms with van der Waals surface area (Å²) in [5, 5.41) is 12.1. The third-order valence-corrected chi connectivity index (χ3v) is 4.15. The van der Waals surface area contributed by atoms with E-state index in [2.05, 4.69) is 5.32 Å². The van der Waals surface area contributed by atoms with E-state index in [-0.39, 0.29) is 30.2 Å². The van der Waals surface area contributed by atoms with E-state index in [9.17, 15) is 14.3 Å². The standard InChI is InChI=1S/C18H18FNO3/c1-23-17-7-6-12(8-11(17)10-21)20-18(22)15-9-14(15)13-4-2-3-5-16(13)19/h2-8,14-15,21H,9-10H2,1H3,(H,20,22). The van der Waals surface area contributed by atoms with Gasteiger partial charge in [-0.1, -0.05) is 18.2 Å². The lowest BCUT2D eigenvalue weighted by Gasteiger charge is -2.10. The number of methoxy groups -OCH3 is 1. The summed E-state index contributed by atoms with van der Waals surface area (Å²) >= 11 is 0. The van der Waals surface area contributed by atoms with Crippen molar-refractivity contribution in [2.24, 2.45) is 5.92 Å². The van der Waals surface area contributed by atoms with Crippen LogP contribution in [0.2, 0.25) is 0 Å². The Hall–Kier alpha value is -2.40. The van der Waals surface area contributed by atoms with Gasteiger partial charge in [0.2, 0.25) is 5.91 Å². The van der Waals surface area contributed by atoms with Crippen molar-refractivity contribution in [3.63, 3.8) is 0 Å². The molecule has 1 amide bonds. The van der Waals surface area contributed by atoms with Crippen molar-refractivity contribution in [2.75, 3.05) is 12.4 Å². The molecule has 23 heavy (non-hydrogen) atoms. The van der Waals surface area contributed by atoms with Crippen molar-refractivity contribution in [1.82, 2.24) is 0 Å². The predicted molar refractivity (Wildman–Crippen MR) is 84.8 cm³/mol. The number of aliphatic hydroxyl groups excluding tert-OH is 1. The monoisotopic (exact) mass is 315 g/mol. The number of carbonyl (C=O) groups is 1. The number of rotatable bonds is 5. The molecule has 2 unspecified atom stereocenters. The van der Waals surface area contributed by atoms with E-state index >= 15 is 0 Å². The fourth-order valence-corrected chi connectivity index (χ4v) is 2.82. The van der Waals surface area contributed by atoms with Gasteiger partial charge in [0, 0.05) is 17.2 Å². The van der Waals surface area contributed by atoms with Crippen LogP contribution in [-0.2, 0) is 11.4 Å². The Bertz CT molecular complexity index is 732. The second-order valence-electron chi connectivity index (χ2n) is 5.64. The minimum Gasteiger partial charge on any atom is -0.496 e. The highest BCUT2D eigenvalue weighted by Gasteiger charge is 2.45. The number of hydrogen-bond donors (Lipinski definition) is 2. The van der Waals surface area contributed by atoms with E-state index < -0.39 is 0 Å². The number of aliphatic hydroxyl groups is 1. The maximum atomic E-state index is 13.8. The number of carbonyl (C=O) groups excluding carboxylic acids is 1. The molecule has 120 valence electrons. The zero-order valence-electron chi connectivity index (χ0n) is 12.8. The molecule has 0 aliphatic heterocycles. The SMILES string of the molecule is COc1ccc(NC(=O)C2CC2c2ccccc2F)cc1CO. The lowest BCUT2D eigenvalue weighted by Crippen LogP contribution is -2.15. The number of benzene rings is 2. The molecule has 0 bridgehead atoms. The zero-order chi connectivity index (χ0) is 16.4. The molecular weight excluding hydrogens is 297 g/mol. The Labute approximate surface area is 133 Å². The largest absolute Gasteiger partial charge is 0.496 e. The normalized spacial score (nSPS) is 19.3. The van der Waals surface area contributed by atoms with E-state index in [0.717, 1.165) is 0 Å². The molecule has 2 atom stereocenters. The van der Waals surface area contributed by atoms with E-state index in [1.165, 1.54) is 13.2 Å².